The highest BCUT2D eigenvalue weighted by molar-refractivity contribution is 5.94. The maximum absolute atomic E-state index is 12.1. The van der Waals surface area contributed by atoms with E-state index in [4.69, 9.17) is 10.5 Å². The predicted molar refractivity (Wildman–Crippen MR) is 94.9 cm³/mol. The molecule has 2 rings (SSSR count). The minimum atomic E-state index is -0.0575. The molecule has 2 aromatic carbocycles. The summed E-state index contributed by atoms with van der Waals surface area (Å²) in [5.41, 5.74) is 9.45. The van der Waals surface area contributed by atoms with Crippen molar-refractivity contribution in [3.63, 3.8) is 0 Å². The minimum Gasteiger partial charge on any atom is -0.497 e. The molecule has 0 atom stereocenters. The number of aryl methyl sites for hydroxylation is 1. The molecule has 0 bridgehead atoms. The van der Waals surface area contributed by atoms with Gasteiger partial charge in [0.1, 0.15) is 5.75 Å². The van der Waals surface area contributed by atoms with E-state index in [0.29, 0.717) is 35.9 Å². The summed E-state index contributed by atoms with van der Waals surface area (Å²) in [5, 5.41) is 2.84. The van der Waals surface area contributed by atoms with Gasteiger partial charge in [-0.05, 0) is 35.6 Å². The van der Waals surface area contributed by atoms with Gasteiger partial charge >= 0.3 is 0 Å². The summed E-state index contributed by atoms with van der Waals surface area (Å²) >= 11 is 0. The molecule has 0 radical (unpaired) electrons. The number of methoxy groups -OCH3 is 1. The van der Waals surface area contributed by atoms with Crippen LogP contribution in [0, 0.1) is 0 Å². The van der Waals surface area contributed by atoms with E-state index < -0.39 is 0 Å². The molecule has 0 aromatic heterocycles. The molecule has 122 valence electrons. The van der Waals surface area contributed by atoms with Crippen LogP contribution in [0.3, 0.4) is 0 Å². The van der Waals surface area contributed by atoms with Crippen LogP contribution in [0.1, 0.15) is 37.3 Å². The normalized spacial score (nSPS) is 10.6. The lowest BCUT2D eigenvalue weighted by atomic mass is 10.0. The van der Waals surface area contributed by atoms with E-state index in [1.54, 1.807) is 25.3 Å². The van der Waals surface area contributed by atoms with E-state index in [-0.39, 0.29) is 5.91 Å². The molecule has 0 saturated carbocycles. The number of carbonyl (C=O) groups excluding carboxylic acids is 1. The topological polar surface area (TPSA) is 64.3 Å². The summed E-state index contributed by atoms with van der Waals surface area (Å²) in [5.74, 6) is 1.13. The first-order chi connectivity index (χ1) is 11.0. The highest BCUT2D eigenvalue weighted by atomic mass is 16.5. The van der Waals surface area contributed by atoms with Crippen LogP contribution < -0.4 is 15.8 Å². The molecule has 0 aliphatic heterocycles. The van der Waals surface area contributed by atoms with Gasteiger partial charge in [0, 0.05) is 12.5 Å². The minimum absolute atomic E-state index is 0.0575. The number of benzene rings is 2. The molecule has 0 saturated heterocycles. The van der Waals surface area contributed by atoms with Crippen LogP contribution in [0.2, 0.25) is 0 Å². The molecule has 23 heavy (non-hydrogen) atoms. The van der Waals surface area contributed by atoms with Crippen molar-refractivity contribution in [1.29, 1.82) is 0 Å². The Labute approximate surface area is 137 Å². The Morgan fingerprint density at radius 3 is 2.48 bits per heavy atom. The second kappa shape index (κ2) is 7.68. The van der Waals surface area contributed by atoms with Crippen LogP contribution in [0.4, 0.5) is 11.4 Å². The summed E-state index contributed by atoms with van der Waals surface area (Å²) in [6, 6.07) is 13.6. The van der Waals surface area contributed by atoms with E-state index >= 15 is 0 Å². The highest BCUT2D eigenvalue weighted by Gasteiger charge is 2.07. The number of anilines is 2. The van der Waals surface area contributed by atoms with Crippen molar-refractivity contribution >= 4 is 17.3 Å². The summed E-state index contributed by atoms with van der Waals surface area (Å²) < 4.78 is 5.14. The molecule has 0 fully saturated rings. The molecular weight excluding hydrogens is 288 g/mol. The van der Waals surface area contributed by atoms with E-state index in [1.807, 2.05) is 0 Å². The van der Waals surface area contributed by atoms with Crippen LogP contribution in [-0.4, -0.2) is 13.0 Å². The monoisotopic (exact) mass is 312 g/mol. The Balaban J connectivity index is 1.92. The summed E-state index contributed by atoms with van der Waals surface area (Å²) in [6.07, 6.45) is 1.12. The fraction of sp³-hybridized carbons (Fsp3) is 0.316. The van der Waals surface area contributed by atoms with E-state index in [0.717, 1.165) is 5.56 Å². The van der Waals surface area contributed by atoms with Crippen molar-refractivity contribution < 1.29 is 9.53 Å². The number of nitrogen functional groups attached to an aromatic ring is 1. The fourth-order valence-electron chi connectivity index (χ4n) is 2.31. The molecule has 4 heteroatoms. The molecular formula is C19H24N2O2. The summed E-state index contributed by atoms with van der Waals surface area (Å²) in [6.45, 7) is 4.34. The summed E-state index contributed by atoms with van der Waals surface area (Å²) in [4.78, 5) is 12.1. The maximum Gasteiger partial charge on any atom is 0.224 e. The van der Waals surface area contributed by atoms with Gasteiger partial charge in [0.15, 0.2) is 0 Å². The number of nitrogens with two attached hydrogens (primary N) is 1. The Bertz CT molecular complexity index is 664. The molecule has 0 unspecified atom stereocenters. The smallest absolute Gasteiger partial charge is 0.224 e. The molecule has 0 spiro atoms. The van der Waals surface area contributed by atoms with Gasteiger partial charge in [0.05, 0.1) is 18.5 Å². The second-order valence-electron chi connectivity index (χ2n) is 5.90. The summed E-state index contributed by atoms with van der Waals surface area (Å²) in [7, 11) is 1.58. The van der Waals surface area contributed by atoms with Crippen molar-refractivity contribution in [3.05, 3.63) is 53.6 Å². The van der Waals surface area contributed by atoms with Crippen molar-refractivity contribution in [2.75, 3.05) is 18.2 Å². The van der Waals surface area contributed by atoms with E-state index in [2.05, 4.69) is 43.4 Å². The lowest BCUT2D eigenvalue weighted by Gasteiger charge is -2.10. The fourth-order valence-corrected chi connectivity index (χ4v) is 2.31. The number of hydrogen-bond acceptors (Lipinski definition) is 3. The second-order valence-corrected chi connectivity index (χ2v) is 5.90. The Morgan fingerprint density at radius 1 is 1.17 bits per heavy atom. The van der Waals surface area contributed by atoms with Crippen molar-refractivity contribution in [2.45, 2.75) is 32.6 Å². The molecule has 0 aliphatic carbocycles. The third-order valence-corrected chi connectivity index (χ3v) is 3.82. The lowest BCUT2D eigenvalue weighted by molar-refractivity contribution is -0.116. The molecule has 2 aromatic rings. The quantitative estimate of drug-likeness (QED) is 0.793. The molecule has 0 aliphatic rings. The Hall–Kier alpha value is -2.49. The standard InChI is InChI=1S/C19H24N2O2/c1-13(2)15-7-4-14(5-8-15)6-11-19(22)21-18-12-16(23-3)9-10-17(18)20/h4-5,7-10,12-13H,6,11,20H2,1-3H3,(H,21,22). The van der Waals surface area contributed by atoms with Gasteiger partial charge in [-0.25, -0.2) is 0 Å². The first-order valence-corrected chi connectivity index (χ1v) is 7.82. The first-order valence-electron chi connectivity index (χ1n) is 7.82. The lowest BCUT2D eigenvalue weighted by Crippen LogP contribution is -2.13. The van der Waals surface area contributed by atoms with Gasteiger partial charge in [-0.2, -0.15) is 0 Å². The first kappa shape index (κ1) is 16.9. The average Bonchev–Trinajstić information content (AvgIpc) is 2.55. The van der Waals surface area contributed by atoms with Crippen LogP contribution in [0.25, 0.3) is 0 Å². The van der Waals surface area contributed by atoms with Crippen LogP contribution >= 0.6 is 0 Å². The number of carbonyl (C=O) groups is 1. The number of nitrogens with one attached hydrogen (secondary N) is 1. The molecule has 0 heterocycles. The van der Waals surface area contributed by atoms with E-state index in [1.165, 1.54) is 5.56 Å². The zero-order valence-electron chi connectivity index (χ0n) is 13.9. The van der Waals surface area contributed by atoms with Crippen LogP contribution in [0.15, 0.2) is 42.5 Å². The Morgan fingerprint density at radius 2 is 1.87 bits per heavy atom. The molecule has 1 amide bonds. The van der Waals surface area contributed by atoms with Gasteiger partial charge in [-0.3, -0.25) is 4.79 Å². The van der Waals surface area contributed by atoms with Gasteiger partial charge in [0.25, 0.3) is 0 Å². The predicted octanol–water partition coefficient (Wildman–Crippen LogP) is 3.97. The van der Waals surface area contributed by atoms with Crippen molar-refractivity contribution in [3.8, 4) is 5.75 Å². The zero-order valence-corrected chi connectivity index (χ0v) is 13.9. The van der Waals surface area contributed by atoms with Gasteiger partial charge in [-0.15, -0.1) is 0 Å². The van der Waals surface area contributed by atoms with Gasteiger partial charge in [0.2, 0.25) is 5.91 Å². The number of hydrogen-bond donors (Lipinski definition) is 2. The SMILES string of the molecule is COc1ccc(N)c(NC(=O)CCc2ccc(C(C)C)cc2)c1. The highest BCUT2D eigenvalue weighted by Crippen LogP contribution is 2.24. The number of ether oxygens (including phenoxy) is 1. The molecule has 3 N–H and O–H groups in total. The number of amides is 1. The maximum atomic E-state index is 12.1. The van der Waals surface area contributed by atoms with Crippen molar-refractivity contribution in [1.82, 2.24) is 0 Å². The van der Waals surface area contributed by atoms with Gasteiger partial charge in [-0.1, -0.05) is 38.1 Å². The van der Waals surface area contributed by atoms with Crippen LogP contribution in [-0.2, 0) is 11.2 Å². The van der Waals surface area contributed by atoms with E-state index in [9.17, 15) is 4.79 Å². The molecule has 4 nitrogen and oxygen atoms in total. The third-order valence-electron chi connectivity index (χ3n) is 3.82. The van der Waals surface area contributed by atoms with Crippen LogP contribution in [0.5, 0.6) is 5.75 Å². The Kier molecular flexibility index (Phi) is 5.63. The zero-order chi connectivity index (χ0) is 16.8. The third kappa shape index (κ3) is 4.74. The van der Waals surface area contributed by atoms with Crippen molar-refractivity contribution in [2.24, 2.45) is 0 Å². The van der Waals surface area contributed by atoms with Gasteiger partial charge < -0.3 is 15.8 Å². The largest absolute Gasteiger partial charge is 0.497 e. The average molecular weight is 312 g/mol. The number of rotatable bonds is 6.